The van der Waals surface area contributed by atoms with E-state index in [-0.39, 0.29) is 0 Å². The van der Waals surface area contributed by atoms with Crippen molar-refractivity contribution in [3.63, 3.8) is 0 Å². The molecule has 0 saturated carbocycles. The second kappa shape index (κ2) is 5.34. The highest BCUT2D eigenvalue weighted by atomic mass is 19.4. The summed E-state index contributed by atoms with van der Waals surface area (Å²) in [6, 6.07) is 2.65. The van der Waals surface area contributed by atoms with Crippen molar-refractivity contribution in [2.24, 2.45) is 0 Å². The van der Waals surface area contributed by atoms with E-state index in [1.54, 1.807) is 13.8 Å². The maximum Gasteiger partial charge on any atom is 0.460 e. The standard InChI is InChI=1S/C13H10F9/c1-7(2)8-3-5-9(6-4-8)10(14,15)11(16,17)12(18,19)13(20,21)22/h3-6H,1-2H3. The van der Waals surface area contributed by atoms with Crippen LogP contribution in [0.5, 0.6) is 0 Å². The van der Waals surface area contributed by atoms with Crippen LogP contribution in [0.15, 0.2) is 24.3 Å². The first-order valence-electron chi connectivity index (χ1n) is 5.77. The molecule has 0 N–H and O–H groups in total. The molecule has 0 aromatic heterocycles. The van der Waals surface area contributed by atoms with Crippen molar-refractivity contribution >= 4 is 0 Å². The van der Waals surface area contributed by atoms with Crippen molar-refractivity contribution in [2.45, 2.75) is 37.8 Å². The van der Waals surface area contributed by atoms with Crippen molar-refractivity contribution in [2.75, 3.05) is 0 Å². The van der Waals surface area contributed by atoms with E-state index in [0.29, 0.717) is 23.6 Å². The van der Waals surface area contributed by atoms with Crippen molar-refractivity contribution in [1.82, 2.24) is 0 Å². The molecule has 1 rings (SSSR count). The van der Waals surface area contributed by atoms with E-state index in [4.69, 9.17) is 0 Å². The molecule has 0 spiro atoms. The third kappa shape index (κ3) is 2.77. The lowest BCUT2D eigenvalue weighted by atomic mass is 9.94. The van der Waals surface area contributed by atoms with Gasteiger partial charge in [0.2, 0.25) is 0 Å². The highest BCUT2D eigenvalue weighted by Gasteiger charge is 2.81. The number of halogens is 9. The summed E-state index contributed by atoms with van der Waals surface area (Å²) >= 11 is 0. The monoisotopic (exact) mass is 337 g/mol. The third-order valence-corrected chi connectivity index (χ3v) is 2.97. The molecule has 0 fully saturated rings. The smallest absolute Gasteiger partial charge is 0.194 e. The van der Waals surface area contributed by atoms with Gasteiger partial charge in [-0.05, 0) is 11.5 Å². The molecule has 1 radical (unpaired) electrons. The van der Waals surface area contributed by atoms with E-state index in [0.717, 1.165) is 12.1 Å². The van der Waals surface area contributed by atoms with Gasteiger partial charge in [-0.2, -0.15) is 39.5 Å². The van der Waals surface area contributed by atoms with Crippen molar-refractivity contribution in [1.29, 1.82) is 0 Å². The topological polar surface area (TPSA) is 0 Å². The lowest BCUT2D eigenvalue weighted by molar-refractivity contribution is -0.399. The summed E-state index contributed by atoms with van der Waals surface area (Å²) < 4.78 is 115. The summed E-state index contributed by atoms with van der Waals surface area (Å²) in [4.78, 5) is 0. The Labute approximate surface area is 119 Å². The first-order chi connectivity index (χ1) is 9.66. The van der Waals surface area contributed by atoms with E-state index in [9.17, 15) is 39.5 Å². The Balaban J connectivity index is 3.32. The van der Waals surface area contributed by atoms with Gasteiger partial charge in [0.25, 0.3) is 0 Å². The fourth-order valence-electron chi connectivity index (χ4n) is 1.57. The van der Waals surface area contributed by atoms with Crippen LogP contribution in [-0.4, -0.2) is 18.0 Å². The lowest BCUT2D eigenvalue weighted by Crippen LogP contribution is -2.59. The maximum absolute atomic E-state index is 13.6. The first kappa shape index (κ1) is 18.6. The molecule has 0 aliphatic carbocycles. The second-order valence-electron chi connectivity index (χ2n) is 4.80. The van der Waals surface area contributed by atoms with Crippen molar-refractivity contribution in [3.05, 3.63) is 41.3 Å². The van der Waals surface area contributed by atoms with Crippen LogP contribution < -0.4 is 0 Å². The summed E-state index contributed by atoms with van der Waals surface area (Å²) in [7, 11) is 0. The average molecular weight is 337 g/mol. The van der Waals surface area contributed by atoms with Crippen molar-refractivity contribution in [3.8, 4) is 0 Å². The zero-order chi connectivity index (χ0) is 17.6. The van der Waals surface area contributed by atoms with Gasteiger partial charge < -0.3 is 0 Å². The van der Waals surface area contributed by atoms with Gasteiger partial charge in [0.1, 0.15) is 0 Å². The molecule has 0 saturated heterocycles. The second-order valence-corrected chi connectivity index (χ2v) is 4.80. The van der Waals surface area contributed by atoms with Crippen LogP contribution in [0.25, 0.3) is 0 Å². The van der Waals surface area contributed by atoms with Crippen LogP contribution in [0.1, 0.15) is 25.0 Å². The molecule has 125 valence electrons. The number of alkyl halides is 9. The number of hydrogen-bond donors (Lipinski definition) is 0. The molecule has 0 amide bonds. The summed E-state index contributed by atoms with van der Waals surface area (Å²) in [5.74, 6) is -18.6. The van der Waals surface area contributed by atoms with E-state index < -0.39 is 29.5 Å². The molecule has 0 heterocycles. The first-order valence-corrected chi connectivity index (χ1v) is 5.77. The minimum Gasteiger partial charge on any atom is -0.194 e. The Kier molecular flexibility index (Phi) is 4.53. The molecular weight excluding hydrogens is 327 g/mol. The largest absolute Gasteiger partial charge is 0.460 e. The third-order valence-electron chi connectivity index (χ3n) is 2.97. The van der Waals surface area contributed by atoms with E-state index in [2.05, 4.69) is 0 Å². The Morgan fingerprint density at radius 1 is 0.682 bits per heavy atom. The number of benzene rings is 1. The Morgan fingerprint density at radius 3 is 1.41 bits per heavy atom. The summed E-state index contributed by atoms with van der Waals surface area (Å²) in [5.41, 5.74) is -1.28. The van der Waals surface area contributed by atoms with E-state index >= 15 is 0 Å². The maximum atomic E-state index is 13.6. The molecule has 1 aromatic rings. The molecule has 9 heteroatoms. The fraction of sp³-hybridized carbons (Fsp3) is 0.462. The van der Waals surface area contributed by atoms with Crippen LogP contribution in [0.2, 0.25) is 0 Å². The Morgan fingerprint density at radius 2 is 1.09 bits per heavy atom. The van der Waals surface area contributed by atoms with Gasteiger partial charge in [-0.25, -0.2) is 0 Å². The molecule has 0 bridgehead atoms. The highest BCUT2D eigenvalue weighted by Crippen LogP contribution is 2.56. The van der Waals surface area contributed by atoms with Crippen molar-refractivity contribution < 1.29 is 39.5 Å². The van der Waals surface area contributed by atoms with Crippen LogP contribution in [0.3, 0.4) is 0 Å². The molecule has 22 heavy (non-hydrogen) atoms. The molecule has 0 unspecified atom stereocenters. The van der Waals surface area contributed by atoms with Gasteiger partial charge in [0, 0.05) is 5.56 Å². The fourth-order valence-corrected chi connectivity index (χ4v) is 1.57. The molecule has 0 atom stereocenters. The van der Waals surface area contributed by atoms with Crippen LogP contribution in [-0.2, 0) is 5.92 Å². The molecule has 0 nitrogen and oxygen atoms in total. The molecular formula is C13H10F9. The van der Waals surface area contributed by atoms with E-state index in [1.165, 1.54) is 0 Å². The Bertz CT molecular complexity index is 511. The molecule has 1 aromatic carbocycles. The predicted octanol–water partition coefficient (Wildman–Crippen LogP) is 5.57. The van der Waals surface area contributed by atoms with Gasteiger partial charge in [0.05, 0.1) is 0 Å². The van der Waals surface area contributed by atoms with Gasteiger partial charge >= 0.3 is 23.9 Å². The predicted molar refractivity (Wildman–Crippen MR) is 60.0 cm³/mol. The quantitative estimate of drug-likeness (QED) is 0.630. The Hall–Kier alpha value is -1.41. The molecule has 0 aliphatic rings. The minimum atomic E-state index is -6.88. The van der Waals surface area contributed by atoms with Crippen LogP contribution in [0, 0.1) is 5.92 Å². The SMILES string of the molecule is C[C](C)c1ccc(C(F)(F)C(F)(F)C(F)(F)C(F)(F)F)cc1. The number of hydrogen-bond acceptors (Lipinski definition) is 0. The van der Waals surface area contributed by atoms with Crippen LogP contribution in [0.4, 0.5) is 39.5 Å². The van der Waals surface area contributed by atoms with Gasteiger partial charge in [-0.1, -0.05) is 38.1 Å². The van der Waals surface area contributed by atoms with E-state index in [1.807, 2.05) is 0 Å². The normalized spacial score (nSPS) is 14.5. The highest BCUT2D eigenvalue weighted by molar-refractivity contribution is 5.34. The van der Waals surface area contributed by atoms with Gasteiger partial charge in [0.15, 0.2) is 0 Å². The summed E-state index contributed by atoms with van der Waals surface area (Å²) in [5, 5.41) is 0. The lowest BCUT2D eigenvalue weighted by Gasteiger charge is -2.33. The van der Waals surface area contributed by atoms with Crippen LogP contribution >= 0.6 is 0 Å². The van der Waals surface area contributed by atoms with Gasteiger partial charge in [-0.15, -0.1) is 0 Å². The average Bonchev–Trinajstić information content (AvgIpc) is 2.37. The van der Waals surface area contributed by atoms with Gasteiger partial charge in [-0.3, -0.25) is 0 Å². The zero-order valence-corrected chi connectivity index (χ0v) is 11.2. The summed E-state index contributed by atoms with van der Waals surface area (Å²) in [6.07, 6.45) is -6.81. The molecule has 0 aliphatic heterocycles. The number of rotatable bonds is 4. The zero-order valence-electron chi connectivity index (χ0n) is 11.2. The minimum absolute atomic E-state index is 0.352. The summed E-state index contributed by atoms with van der Waals surface area (Å²) in [6.45, 7) is 3.14.